The van der Waals surface area contributed by atoms with E-state index in [4.69, 9.17) is 9.84 Å². The van der Waals surface area contributed by atoms with Crippen molar-refractivity contribution in [3.05, 3.63) is 48.0 Å². The van der Waals surface area contributed by atoms with Crippen LogP contribution in [0.1, 0.15) is 42.1 Å². The van der Waals surface area contributed by atoms with Crippen molar-refractivity contribution in [1.29, 1.82) is 0 Å². The molecule has 0 spiro atoms. The molecule has 1 N–H and O–H groups in total. The number of carboxylic acids is 1. The highest BCUT2D eigenvalue weighted by atomic mass is 19.1. The number of amides is 1. The fraction of sp³-hybridized carbons (Fsp3) is 0.421. The molecular weight excluding hydrogens is 353 g/mol. The lowest BCUT2D eigenvalue weighted by atomic mass is 10.0. The van der Waals surface area contributed by atoms with E-state index >= 15 is 0 Å². The van der Waals surface area contributed by atoms with Crippen LogP contribution in [0, 0.1) is 5.82 Å². The van der Waals surface area contributed by atoms with Gasteiger partial charge in [-0.3, -0.25) is 9.48 Å². The van der Waals surface area contributed by atoms with Crippen LogP contribution in [0.5, 0.6) is 5.75 Å². The number of carboxylic acid groups (broad SMARTS) is 1. The Morgan fingerprint density at radius 2 is 2.07 bits per heavy atom. The molecule has 7 nitrogen and oxygen atoms in total. The summed E-state index contributed by atoms with van der Waals surface area (Å²) in [6.07, 6.45) is 5.31. The summed E-state index contributed by atoms with van der Waals surface area (Å²) in [5.41, 5.74) is 0.173. The number of hydrogen-bond donors (Lipinski definition) is 1. The van der Waals surface area contributed by atoms with E-state index in [1.54, 1.807) is 16.8 Å². The lowest BCUT2D eigenvalue weighted by Crippen LogP contribution is -2.39. The average molecular weight is 375 g/mol. The molecule has 1 fully saturated rings. The molecule has 1 aromatic heterocycles. The summed E-state index contributed by atoms with van der Waals surface area (Å²) in [5.74, 6) is -0.806. The minimum absolute atomic E-state index is 0.0722. The molecule has 3 rings (SSSR count). The molecule has 1 aromatic carbocycles. The molecule has 0 bridgehead atoms. The Labute approximate surface area is 156 Å². The van der Waals surface area contributed by atoms with Crippen molar-refractivity contribution < 1.29 is 23.8 Å². The SMILES string of the molecule is O=C(O)c1cnn(C2CCN(C(=O)CCCOc3cccc(F)c3)CC2)c1. The standard InChI is InChI=1S/C19H22FN3O4/c20-15-3-1-4-17(11-15)27-10-2-5-18(24)22-8-6-16(7-9-22)23-13-14(12-21-23)19(25)26/h1,3-4,11-13,16H,2,5-10H2,(H,25,26). The Bertz CT molecular complexity index is 800. The van der Waals surface area contributed by atoms with E-state index < -0.39 is 5.97 Å². The number of nitrogens with zero attached hydrogens (tertiary/aromatic N) is 3. The van der Waals surface area contributed by atoms with Crippen LogP contribution in [0.2, 0.25) is 0 Å². The number of aromatic carboxylic acids is 1. The predicted octanol–water partition coefficient (Wildman–Crippen LogP) is 2.74. The molecule has 0 aliphatic carbocycles. The molecule has 27 heavy (non-hydrogen) atoms. The number of carbonyl (C=O) groups is 2. The lowest BCUT2D eigenvalue weighted by molar-refractivity contribution is -0.132. The second-order valence-electron chi connectivity index (χ2n) is 6.54. The van der Waals surface area contributed by atoms with E-state index in [2.05, 4.69) is 5.10 Å². The number of halogens is 1. The molecule has 2 heterocycles. The summed E-state index contributed by atoms with van der Waals surface area (Å²) in [4.78, 5) is 25.1. The fourth-order valence-corrected chi connectivity index (χ4v) is 3.16. The van der Waals surface area contributed by atoms with E-state index in [-0.39, 0.29) is 23.3 Å². The smallest absolute Gasteiger partial charge is 0.338 e. The van der Waals surface area contributed by atoms with Crippen molar-refractivity contribution in [2.45, 2.75) is 31.7 Å². The van der Waals surface area contributed by atoms with Gasteiger partial charge < -0.3 is 14.7 Å². The summed E-state index contributed by atoms with van der Waals surface area (Å²) in [7, 11) is 0. The maximum atomic E-state index is 13.1. The predicted molar refractivity (Wildman–Crippen MR) is 95.2 cm³/mol. The first-order valence-corrected chi connectivity index (χ1v) is 8.96. The quantitative estimate of drug-likeness (QED) is 0.752. The molecule has 0 saturated carbocycles. The van der Waals surface area contributed by atoms with Gasteiger partial charge >= 0.3 is 5.97 Å². The van der Waals surface area contributed by atoms with Gasteiger partial charge in [0.05, 0.1) is 24.4 Å². The van der Waals surface area contributed by atoms with Crippen LogP contribution in [0.15, 0.2) is 36.7 Å². The van der Waals surface area contributed by atoms with Crippen LogP contribution in [0.25, 0.3) is 0 Å². The third kappa shape index (κ3) is 5.06. The Balaban J connectivity index is 1.38. The summed E-state index contributed by atoms with van der Waals surface area (Å²) in [6.45, 7) is 1.60. The van der Waals surface area contributed by atoms with Gasteiger partial charge in [0.2, 0.25) is 5.91 Å². The van der Waals surface area contributed by atoms with E-state index in [1.165, 1.54) is 24.5 Å². The molecule has 0 atom stereocenters. The van der Waals surface area contributed by atoms with Gasteiger partial charge in [-0.1, -0.05) is 6.07 Å². The third-order valence-electron chi connectivity index (χ3n) is 4.64. The Kier molecular flexibility index (Phi) is 6.05. The van der Waals surface area contributed by atoms with Crippen LogP contribution in [0.4, 0.5) is 4.39 Å². The minimum atomic E-state index is -0.991. The summed E-state index contributed by atoms with van der Waals surface area (Å²) in [5, 5.41) is 13.1. The molecule has 1 saturated heterocycles. The van der Waals surface area contributed by atoms with E-state index in [9.17, 15) is 14.0 Å². The first-order valence-electron chi connectivity index (χ1n) is 8.96. The van der Waals surface area contributed by atoms with Crippen molar-refractivity contribution in [3.63, 3.8) is 0 Å². The monoisotopic (exact) mass is 375 g/mol. The second-order valence-corrected chi connectivity index (χ2v) is 6.54. The minimum Gasteiger partial charge on any atom is -0.493 e. The van der Waals surface area contributed by atoms with Crippen LogP contribution >= 0.6 is 0 Å². The zero-order valence-electron chi connectivity index (χ0n) is 14.9. The molecule has 0 unspecified atom stereocenters. The van der Waals surface area contributed by atoms with Crippen molar-refractivity contribution in [2.75, 3.05) is 19.7 Å². The largest absolute Gasteiger partial charge is 0.493 e. The molecule has 2 aromatic rings. The number of ether oxygens (including phenoxy) is 1. The number of rotatable bonds is 7. The lowest BCUT2D eigenvalue weighted by Gasteiger charge is -2.32. The van der Waals surface area contributed by atoms with Crippen LogP contribution in [0.3, 0.4) is 0 Å². The van der Waals surface area contributed by atoms with Gasteiger partial charge in [-0.25, -0.2) is 9.18 Å². The molecule has 8 heteroatoms. The zero-order valence-corrected chi connectivity index (χ0v) is 14.9. The summed E-state index contributed by atoms with van der Waals surface area (Å²) >= 11 is 0. The van der Waals surface area contributed by atoms with E-state index in [0.29, 0.717) is 38.3 Å². The van der Waals surface area contributed by atoms with Gasteiger partial charge in [0.25, 0.3) is 0 Å². The fourth-order valence-electron chi connectivity index (χ4n) is 3.16. The second kappa shape index (κ2) is 8.66. The van der Waals surface area contributed by atoms with Crippen LogP contribution in [-0.4, -0.2) is 51.4 Å². The van der Waals surface area contributed by atoms with Crippen molar-refractivity contribution >= 4 is 11.9 Å². The van der Waals surface area contributed by atoms with Crippen LogP contribution in [-0.2, 0) is 4.79 Å². The maximum absolute atomic E-state index is 13.1. The van der Waals surface area contributed by atoms with E-state index in [1.807, 2.05) is 4.90 Å². The average Bonchev–Trinajstić information content (AvgIpc) is 3.16. The molecule has 144 valence electrons. The molecule has 1 amide bonds. The topological polar surface area (TPSA) is 84.7 Å². The molecule has 1 aliphatic rings. The van der Waals surface area contributed by atoms with E-state index in [0.717, 1.165) is 12.8 Å². The van der Waals surface area contributed by atoms with Gasteiger partial charge in [-0.15, -0.1) is 0 Å². The third-order valence-corrected chi connectivity index (χ3v) is 4.64. The number of hydrogen-bond acceptors (Lipinski definition) is 4. The highest BCUT2D eigenvalue weighted by Crippen LogP contribution is 2.23. The Morgan fingerprint density at radius 3 is 2.74 bits per heavy atom. The van der Waals surface area contributed by atoms with Crippen molar-refractivity contribution in [2.24, 2.45) is 0 Å². The van der Waals surface area contributed by atoms with Crippen LogP contribution < -0.4 is 4.74 Å². The molecular formula is C19H22FN3O4. The number of likely N-dealkylation sites (tertiary alicyclic amines) is 1. The van der Waals surface area contributed by atoms with Gasteiger partial charge in [-0.2, -0.15) is 5.10 Å². The summed E-state index contributed by atoms with van der Waals surface area (Å²) in [6, 6.07) is 6.04. The highest BCUT2D eigenvalue weighted by molar-refractivity contribution is 5.86. The van der Waals surface area contributed by atoms with Gasteiger partial charge in [0.1, 0.15) is 11.6 Å². The normalized spacial score (nSPS) is 14.9. The van der Waals surface area contributed by atoms with Gasteiger partial charge in [0, 0.05) is 31.8 Å². The van der Waals surface area contributed by atoms with Gasteiger partial charge in [-0.05, 0) is 31.4 Å². The Morgan fingerprint density at radius 1 is 1.30 bits per heavy atom. The first kappa shape index (κ1) is 18.9. The number of carbonyl (C=O) groups excluding carboxylic acids is 1. The molecule has 1 aliphatic heterocycles. The number of aromatic nitrogens is 2. The summed E-state index contributed by atoms with van der Waals surface area (Å²) < 4.78 is 20.2. The Hall–Kier alpha value is -2.90. The van der Waals surface area contributed by atoms with Crippen molar-refractivity contribution in [3.8, 4) is 5.75 Å². The van der Waals surface area contributed by atoms with Gasteiger partial charge in [0.15, 0.2) is 0 Å². The maximum Gasteiger partial charge on any atom is 0.338 e. The highest BCUT2D eigenvalue weighted by Gasteiger charge is 2.24. The number of benzene rings is 1. The number of piperidine rings is 1. The van der Waals surface area contributed by atoms with Crippen molar-refractivity contribution in [1.82, 2.24) is 14.7 Å². The molecule has 0 radical (unpaired) electrons. The zero-order chi connectivity index (χ0) is 19.2. The first-order chi connectivity index (χ1) is 13.0.